The van der Waals surface area contributed by atoms with Crippen molar-refractivity contribution in [2.45, 2.75) is 23.8 Å². The van der Waals surface area contributed by atoms with E-state index in [2.05, 4.69) is 19.7 Å². The summed E-state index contributed by atoms with van der Waals surface area (Å²) in [5.74, 6) is -0.560. The Morgan fingerprint density at radius 3 is 2.85 bits per heavy atom. The van der Waals surface area contributed by atoms with Crippen LogP contribution in [0.3, 0.4) is 0 Å². The SMILES string of the molecule is COC(=O)Cc1cc(=O)[nH]c(S[C@@H](C)C(=O)c2c[nH]c3ccccc23)n1. The number of methoxy groups -OCH3 is 1. The highest BCUT2D eigenvalue weighted by Gasteiger charge is 2.21. The molecule has 3 aromatic rings. The molecular formula is C18H17N3O4S. The van der Waals surface area contributed by atoms with Crippen LogP contribution in [0.5, 0.6) is 0 Å². The van der Waals surface area contributed by atoms with Crippen molar-refractivity contribution < 1.29 is 14.3 Å². The number of rotatable bonds is 6. The molecule has 0 aliphatic heterocycles. The van der Waals surface area contributed by atoms with Crippen LogP contribution in [0, 0.1) is 0 Å². The van der Waals surface area contributed by atoms with Gasteiger partial charge >= 0.3 is 5.97 Å². The molecule has 7 nitrogen and oxygen atoms in total. The molecule has 1 aromatic carbocycles. The Labute approximate surface area is 153 Å². The molecule has 1 atom stereocenters. The molecule has 0 bridgehead atoms. The maximum Gasteiger partial charge on any atom is 0.311 e. The second-order valence-corrected chi connectivity index (χ2v) is 7.00. The van der Waals surface area contributed by atoms with E-state index in [1.165, 1.54) is 13.2 Å². The fraction of sp³-hybridized carbons (Fsp3) is 0.222. The highest BCUT2D eigenvalue weighted by atomic mass is 32.2. The zero-order valence-corrected chi connectivity index (χ0v) is 15.1. The highest BCUT2D eigenvalue weighted by molar-refractivity contribution is 8.00. The van der Waals surface area contributed by atoms with Gasteiger partial charge in [-0.05, 0) is 13.0 Å². The van der Waals surface area contributed by atoms with Gasteiger partial charge in [0.05, 0.1) is 24.5 Å². The molecule has 0 amide bonds. The lowest BCUT2D eigenvalue weighted by molar-refractivity contribution is -0.139. The van der Waals surface area contributed by atoms with Crippen LogP contribution in [0.15, 0.2) is 46.5 Å². The monoisotopic (exact) mass is 371 g/mol. The first-order chi connectivity index (χ1) is 12.5. The number of thioether (sulfide) groups is 1. The predicted octanol–water partition coefficient (Wildman–Crippen LogP) is 2.33. The van der Waals surface area contributed by atoms with E-state index < -0.39 is 11.2 Å². The lowest BCUT2D eigenvalue weighted by Gasteiger charge is -2.09. The molecule has 2 aromatic heterocycles. The van der Waals surface area contributed by atoms with Gasteiger partial charge in [0.15, 0.2) is 10.9 Å². The van der Waals surface area contributed by atoms with Crippen LogP contribution in [0.4, 0.5) is 0 Å². The number of para-hydroxylation sites is 1. The number of aromatic amines is 2. The quantitative estimate of drug-likeness (QED) is 0.298. The smallest absolute Gasteiger partial charge is 0.311 e. The van der Waals surface area contributed by atoms with E-state index in [9.17, 15) is 14.4 Å². The van der Waals surface area contributed by atoms with E-state index in [1.807, 2.05) is 24.3 Å². The number of esters is 1. The summed E-state index contributed by atoms with van der Waals surface area (Å²) in [6, 6.07) is 8.80. The Bertz CT molecular complexity index is 1020. The minimum atomic E-state index is -0.484. The molecule has 2 heterocycles. The van der Waals surface area contributed by atoms with Crippen molar-refractivity contribution in [2.75, 3.05) is 7.11 Å². The summed E-state index contributed by atoms with van der Waals surface area (Å²) in [5, 5.41) is 0.675. The molecule has 8 heteroatoms. The Morgan fingerprint density at radius 1 is 1.31 bits per heavy atom. The molecule has 0 fully saturated rings. The first-order valence-electron chi connectivity index (χ1n) is 7.92. The number of carbonyl (C=O) groups is 2. The van der Waals surface area contributed by atoms with Crippen LogP contribution in [0.1, 0.15) is 23.0 Å². The summed E-state index contributed by atoms with van der Waals surface area (Å²) in [5.41, 5.74) is 1.40. The number of hydrogen-bond donors (Lipinski definition) is 2. The number of ether oxygens (including phenoxy) is 1. The number of Topliss-reactive ketones (excluding diaryl/α,β-unsaturated/α-hetero) is 1. The molecule has 0 saturated heterocycles. The van der Waals surface area contributed by atoms with E-state index in [0.717, 1.165) is 22.7 Å². The molecule has 0 aliphatic carbocycles. The van der Waals surface area contributed by atoms with Gasteiger partial charge in [-0.3, -0.25) is 14.4 Å². The number of benzene rings is 1. The van der Waals surface area contributed by atoms with Gasteiger partial charge in [-0.2, -0.15) is 0 Å². The largest absolute Gasteiger partial charge is 0.469 e. The fourth-order valence-corrected chi connectivity index (χ4v) is 3.46. The van der Waals surface area contributed by atoms with Crippen molar-refractivity contribution in [1.82, 2.24) is 15.0 Å². The van der Waals surface area contributed by atoms with Crippen LogP contribution in [0.25, 0.3) is 10.9 Å². The van der Waals surface area contributed by atoms with Crippen LogP contribution in [-0.2, 0) is 16.0 Å². The number of H-pyrrole nitrogens is 2. The average molecular weight is 371 g/mol. The first kappa shape index (κ1) is 17.9. The second kappa shape index (κ2) is 7.57. The number of nitrogens with zero attached hydrogens (tertiary/aromatic N) is 1. The van der Waals surface area contributed by atoms with Gasteiger partial charge in [0, 0.05) is 28.7 Å². The molecule has 0 radical (unpaired) electrons. The van der Waals surface area contributed by atoms with E-state index in [1.54, 1.807) is 13.1 Å². The second-order valence-electron chi connectivity index (χ2n) is 5.67. The van der Waals surface area contributed by atoms with Crippen molar-refractivity contribution in [2.24, 2.45) is 0 Å². The zero-order chi connectivity index (χ0) is 18.7. The van der Waals surface area contributed by atoms with Gasteiger partial charge < -0.3 is 14.7 Å². The summed E-state index contributed by atoms with van der Waals surface area (Å²) < 4.78 is 4.59. The van der Waals surface area contributed by atoms with Crippen LogP contribution in [0.2, 0.25) is 0 Å². The maximum atomic E-state index is 12.8. The van der Waals surface area contributed by atoms with E-state index >= 15 is 0 Å². The van der Waals surface area contributed by atoms with Crippen molar-refractivity contribution in [1.29, 1.82) is 0 Å². The third-order valence-corrected chi connectivity index (χ3v) is 4.82. The lowest BCUT2D eigenvalue weighted by atomic mass is 10.1. The lowest BCUT2D eigenvalue weighted by Crippen LogP contribution is -2.17. The van der Waals surface area contributed by atoms with E-state index in [4.69, 9.17) is 0 Å². The normalized spacial score (nSPS) is 12.1. The number of fused-ring (bicyclic) bond motifs is 1. The van der Waals surface area contributed by atoms with Gasteiger partial charge in [0.2, 0.25) is 0 Å². The third kappa shape index (κ3) is 3.85. The zero-order valence-electron chi connectivity index (χ0n) is 14.2. The van der Waals surface area contributed by atoms with E-state index in [-0.39, 0.29) is 22.9 Å². The van der Waals surface area contributed by atoms with Crippen LogP contribution in [-0.4, -0.2) is 39.1 Å². The Balaban J connectivity index is 1.81. The highest BCUT2D eigenvalue weighted by Crippen LogP contribution is 2.26. The maximum absolute atomic E-state index is 12.8. The van der Waals surface area contributed by atoms with Crippen molar-refractivity contribution in [3.8, 4) is 0 Å². The minimum Gasteiger partial charge on any atom is -0.469 e. The van der Waals surface area contributed by atoms with Gasteiger partial charge in [0.1, 0.15) is 0 Å². The van der Waals surface area contributed by atoms with Gasteiger partial charge in [-0.1, -0.05) is 30.0 Å². The molecule has 0 aliphatic rings. The molecule has 0 unspecified atom stereocenters. The Morgan fingerprint density at radius 2 is 2.08 bits per heavy atom. The van der Waals surface area contributed by atoms with Crippen molar-refractivity contribution >= 4 is 34.4 Å². The van der Waals surface area contributed by atoms with Gasteiger partial charge in [0.25, 0.3) is 5.56 Å². The molecule has 26 heavy (non-hydrogen) atoms. The Kier molecular flexibility index (Phi) is 5.22. The summed E-state index contributed by atoms with van der Waals surface area (Å²) in [6.07, 6.45) is 1.59. The minimum absolute atomic E-state index is 0.0755. The molecule has 0 spiro atoms. The number of hydrogen-bond acceptors (Lipinski definition) is 6. The van der Waals surface area contributed by atoms with E-state index in [0.29, 0.717) is 11.3 Å². The first-order valence-corrected chi connectivity index (χ1v) is 8.80. The number of aromatic nitrogens is 3. The summed E-state index contributed by atoms with van der Waals surface area (Å²) in [4.78, 5) is 45.8. The van der Waals surface area contributed by atoms with Gasteiger partial charge in [-0.25, -0.2) is 4.98 Å². The average Bonchev–Trinajstić information content (AvgIpc) is 3.04. The Hall–Kier alpha value is -2.87. The fourth-order valence-electron chi connectivity index (χ4n) is 2.57. The van der Waals surface area contributed by atoms with Crippen LogP contribution < -0.4 is 5.56 Å². The summed E-state index contributed by atoms with van der Waals surface area (Å²) in [6.45, 7) is 1.75. The molecule has 3 rings (SSSR count). The van der Waals surface area contributed by atoms with Gasteiger partial charge in [-0.15, -0.1) is 0 Å². The molecule has 134 valence electrons. The predicted molar refractivity (Wildman–Crippen MR) is 98.5 cm³/mol. The molecule has 2 N–H and O–H groups in total. The topological polar surface area (TPSA) is 105 Å². The number of carbonyl (C=O) groups excluding carboxylic acids is 2. The molecule has 0 saturated carbocycles. The number of nitrogens with one attached hydrogen (secondary N) is 2. The van der Waals surface area contributed by atoms with Crippen molar-refractivity contribution in [3.63, 3.8) is 0 Å². The standard InChI is InChI=1S/C18H17N3O4S/c1-10(17(24)13-9-19-14-6-4-3-5-12(13)14)26-18-20-11(7-15(22)21-18)8-16(23)25-2/h3-7,9-10,19H,8H2,1-2H3,(H,20,21,22)/t10-/m0/s1. The third-order valence-electron chi connectivity index (χ3n) is 3.84. The summed E-state index contributed by atoms with van der Waals surface area (Å²) in [7, 11) is 1.27. The molecular weight excluding hydrogens is 354 g/mol. The van der Waals surface area contributed by atoms with Crippen molar-refractivity contribution in [3.05, 3.63) is 58.1 Å². The van der Waals surface area contributed by atoms with Crippen LogP contribution >= 0.6 is 11.8 Å². The summed E-state index contributed by atoms with van der Waals surface area (Å²) >= 11 is 1.14. The number of ketones is 1.